The SMILES string of the molecule is COC(=O)C(Nc1cccc(C)c1)c1cnn(C)c1C. The van der Waals surface area contributed by atoms with Crippen LogP contribution >= 0.6 is 0 Å². The first-order valence-electron chi connectivity index (χ1n) is 6.42. The van der Waals surface area contributed by atoms with E-state index in [1.165, 1.54) is 7.11 Å². The number of benzene rings is 1. The zero-order valence-corrected chi connectivity index (χ0v) is 12.2. The van der Waals surface area contributed by atoms with Crippen molar-refractivity contribution in [2.45, 2.75) is 19.9 Å². The number of nitrogens with zero attached hydrogens (tertiary/aromatic N) is 2. The van der Waals surface area contributed by atoms with Crippen molar-refractivity contribution in [1.29, 1.82) is 0 Å². The summed E-state index contributed by atoms with van der Waals surface area (Å²) < 4.78 is 6.63. The van der Waals surface area contributed by atoms with Crippen LogP contribution in [-0.4, -0.2) is 22.9 Å². The van der Waals surface area contributed by atoms with E-state index < -0.39 is 6.04 Å². The molecule has 0 amide bonds. The van der Waals surface area contributed by atoms with Gasteiger partial charge in [-0.05, 0) is 31.5 Å². The van der Waals surface area contributed by atoms with Gasteiger partial charge in [-0.1, -0.05) is 12.1 Å². The number of nitrogens with one attached hydrogen (secondary N) is 1. The number of hydrogen-bond donors (Lipinski definition) is 1. The molecule has 1 atom stereocenters. The van der Waals surface area contributed by atoms with Crippen LogP contribution in [0.15, 0.2) is 30.5 Å². The summed E-state index contributed by atoms with van der Waals surface area (Å²) >= 11 is 0. The third-order valence-corrected chi connectivity index (χ3v) is 3.35. The third-order valence-electron chi connectivity index (χ3n) is 3.35. The maximum absolute atomic E-state index is 12.0. The number of hydrogen-bond acceptors (Lipinski definition) is 4. The Kier molecular flexibility index (Phi) is 4.08. The number of aryl methyl sites for hydroxylation is 2. The van der Waals surface area contributed by atoms with Gasteiger partial charge in [0.25, 0.3) is 0 Å². The van der Waals surface area contributed by atoms with Gasteiger partial charge >= 0.3 is 5.97 Å². The van der Waals surface area contributed by atoms with Gasteiger partial charge in [0.05, 0.1) is 13.3 Å². The Morgan fingerprint density at radius 3 is 2.70 bits per heavy atom. The highest BCUT2D eigenvalue weighted by molar-refractivity contribution is 5.81. The smallest absolute Gasteiger partial charge is 0.333 e. The van der Waals surface area contributed by atoms with E-state index in [1.54, 1.807) is 10.9 Å². The van der Waals surface area contributed by atoms with Gasteiger partial charge in [-0.3, -0.25) is 4.68 Å². The second kappa shape index (κ2) is 5.77. The van der Waals surface area contributed by atoms with E-state index in [1.807, 2.05) is 45.2 Å². The molecule has 0 aliphatic rings. The number of aromatic nitrogens is 2. The molecule has 2 aromatic rings. The van der Waals surface area contributed by atoms with Crippen molar-refractivity contribution in [3.05, 3.63) is 47.3 Å². The summed E-state index contributed by atoms with van der Waals surface area (Å²) in [4.78, 5) is 12.0. The number of carbonyl (C=O) groups excluding carboxylic acids is 1. The summed E-state index contributed by atoms with van der Waals surface area (Å²) in [6.07, 6.45) is 1.69. The Hall–Kier alpha value is -2.30. The molecule has 0 spiro atoms. The van der Waals surface area contributed by atoms with Crippen LogP contribution in [0.25, 0.3) is 0 Å². The second-order valence-electron chi connectivity index (χ2n) is 4.78. The van der Waals surface area contributed by atoms with Crippen molar-refractivity contribution in [2.24, 2.45) is 7.05 Å². The van der Waals surface area contributed by atoms with E-state index in [2.05, 4.69) is 10.4 Å². The lowest BCUT2D eigenvalue weighted by atomic mass is 10.1. The molecule has 0 aliphatic carbocycles. The molecule has 1 aromatic carbocycles. The van der Waals surface area contributed by atoms with Crippen LogP contribution in [0.5, 0.6) is 0 Å². The number of methoxy groups -OCH3 is 1. The fraction of sp³-hybridized carbons (Fsp3) is 0.333. The summed E-state index contributed by atoms with van der Waals surface area (Å²) in [5.41, 5.74) is 3.76. The predicted molar refractivity (Wildman–Crippen MR) is 77.5 cm³/mol. The van der Waals surface area contributed by atoms with Gasteiger partial charge in [-0.15, -0.1) is 0 Å². The van der Waals surface area contributed by atoms with Gasteiger partial charge in [0.1, 0.15) is 0 Å². The van der Waals surface area contributed by atoms with E-state index in [4.69, 9.17) is 4.74 Å². The Labute approximate surface area is 118 Å². The Morgan fingerprint density at radius 2 is 2.15 bits per heavy atom. The van der Waals surface area contributed by atoms with Crippen LogP contribution in [0.3, 0.4) is 0 Å². The normalized spacial score (nSPS) is 12.0. The molecule has 1 aromatic heterocycles. The van der Waals surface area contributed by atoms with E-state index in [0.717, 1.165) is 22.5 Å². The van der Waals surface area contributed by atoms with Gasteiger partial charge in [0.15, 0.2) is 6.04 Å². The molecule has 0 fully saturated rings. The van der Waals surface area contributed by atoms with E-state index in [9.17, 15) is 4.79 Å². The van der Waals surface area contributed by atoms with Crippen LogP contribution in [0, 0.1) is 13.8 Å². The molecular formula is C15H19N3O2. The predicted octanol–water partition coefficient (Wildman–Crippen LogP) is 2.36. The van der Waals surface area contributed by atoms with Crippen molar-refractivity contribution in [3.63, 3.8) is 0 Å². The largest absolute Gasteiger partial charge is 0.467 e. The molecule has 5 nitrogen and oxygen atoms in total. The monoisotopic (exact) mass is 273 g/mol. The highest BCUT2D eigenvalue weighted by atomic mass is 16.5. The van der Waals surface area contributed by atoms with E-state index >= 15 is 0 Å². The summed E-state index contributed by atoms with van der Waals surface area (Å²) in [7, 11) is 3.23. The van der Waals surface area contributed by atoms with Crippen molar-refractivity contribution in [2.75, 3.05) is 12.4 Å². The first kappa shape index (κ1) is 14.1. The van der Waals surface area contributed by atoms with Crippen LogP contribution in [0.1, 0.15) is 22.9 Å². The topological polar surface area (TPSA) is 56.1 Å². The fourth-order valence-electron chi connectivity index (χ4n) is 2.08. The zero-order valence-electron chi connectivity index (χ0n) is 12.2. The minimum Gasteiger partial charge on any atom is -0.467 e. The molecular weight excluding hydrogens is 254 g/mol. The average molecular weight is 273 g/mol. The molecule has 1 N–H and O–H groups in total. The minimum atomic E-state index is -0.560. The van der Waals surface area contributed by atoms with Crippen molar-refractivity contribution >= 4 is 11.7 Å². The molecule has 20 heavy (non-hydrogen) atoms. The zero-order chi connectivity index (χ0) is 14.7. The molecule has 0 radical (unpaired) electrons. The van der Waals surface area contributed by atoms with Gasteiger partial charge in [0.2, 0.25) is 0 Å². The molecule has 2 rings (SSSR count). The summed E-state index contributed by atoms with van der Waals surface area (Å²) in [6, 6.07) is 7.31. The van der Waals surface area contributed by atoms with E-state index in [0.29, 0.717) is 0 Å². The van der Waals surface area contributed by atoms with Crippen molar-refractivity contribution < 1.29 is 9.53 Å². The standard InChI is InChI=1S/C15H19N3O2/c1-10-6-5-7-12(8-10)17-14(15(19)20-4)13-9-16-18(3)11(13)2/h5-9,14,17H,1-4H3. The Bertz CT molecular complexity index is 619. The molecule has 5 heteroatoms. The highest BCUT2D eigenvalue weighted by Crippen LogP contribution is 2.23. The number of anilines is 1. The number of esters is 1. The molecule has 0 bridgehead atoms. The number of rotatable bonds is 4. The third kappa shape index (κ3) is 2.82. The highest BCUT2D eigenvalue weighted by Gasteiger charge is 2.25. The molecule has 0 saturated heterocycles. The fourth-order valence-corrected chi connectivity index (χ4v) is 2.08. The first-order chi connectivity index (χ1) is 9.52. The lowest BCUT2D eigenvalue weighted by Gasteiger charge is -2.18. The van der Waals surface area contributed by atoms with E-state index in [-0.39, 0.29) is 5.97 Å². The lowest BCUT2D eigenvalue weighted by molar-refractivity contribution is -0.141. The molecule has 106 valence electrons. The van der Waals surface area contributed by atoms with Gasteiger partial charge in [0, 0.05) is 24.0 Å². The number of carbonyl (C=O) groups is 1. The van der Waals surface area contributed by atoms with Crippen LogP contribution in [0.2, 0.25) is 0 Å². The quantitative estimate of drug-likeness (QED) is 0.869. The van der Waals surface area contributed by atoms with Crippen LogP contribution in [-0.2, 0) is 16.6 Å². The molecule has 0 aliphatic heterocycles. The first-order valence-corrected chi connectivity index (χ1v) is 6.42. The lowest BCUT2D eigenvalue weighted by Crippen LogP contribution is -2.23. The van der Waals surface area contributed by atoms with Crippen molar-refractivity contribution in [3.8, 4) is 0 Å². The van der Waals surface area contributed by atoms with Gasteiger partial charge < -0.3 is 10.1 Å². The molecule has 0 saturated carbocycles. The Morgan fingerprint density at radius 1 is 1.40 bits per heavy atom. The van der Waals surface area contributed by atoms with Crippen LogP contribution < -0.4 is 5.32 Å². The molecule has 1 heterocycles. The summed E-state index contributed by atoms with van der Waals surface area (Å²) in [5.74, 6) is -0.331. The minimum absolute atomic E-state index is 0.331. The number of ether oxygens (including phenoxy) is 1. The van der Waals surface area contributed by atoms with Crippen molar-refractivity contribution in [1.82, 2.24) is 9.78 Å². The van der Waals surface area contributed by atoms with Crippen LogP contribution in [0.4, 0.5) is 5.69 Å². The molecule has 1 unspecified atom stereocenters. The maximum atomic E-state index is 12.0. The van der Waals surface area contributed by atoms with Gasteiger partial charge in [-0.2, -0.15) is 5.10 Å². The van der Waals surface area contributed by atoms with Gasteiger partial charge in [-0.25, -0.2) is 4.79 Å². The summed E-state index contributed by atoms with van der Waals surface area (Å²) in [5, 5.41) is 7.39. The average Bonchev–Trinajstić information content (AvgIpc) is 2.76. The summed E-state index contributed by atoms with van der Waals surface area (Å²) in [6.45, 7) is 3.93. The maximum Gasteiger partial charge on any atom is 0.333 e. The second-order valence-corrected chi connectivity index (χ2v) is 4.78. The Balaban J connectivity index is 2.34.